The number of hydrogen-bond donors (Lipinski definition) is 1. The molecule has 0 aliphatic rings. The van der Waals surface area contributed by atoms with Gasteiger partial charge in [0.1, 0.15) is 5.82 Å². The molecule has 0 aliphatic carbocycles. The molecule has 0 unspecified atom stereocenters. The van der Waals surface area contributed by atoms with E-state index >= 15 is 0 Å². The van der Waals surface area contributed by atoms with Crippen LogP contribution in [0.4, 0.5) is 5.82 Å². The third-order valence-electron chi connectivity index (χ3n) is 1.75. The SMILES string of the molecule is Cc1nc(NC(=O)CN(C)C)ccc1I. The van der Waals surface area contributed by atoms with Crippen LogP contribution in [-0.2, 0) is 4.79 Å². The summed E-state index contributed by atoms with van der Waals surface area (Å²) in [7, 11) is 3.71. The molecular formula is C10H14IN3O. The summed E-state index contributed by atoms with van der Waals surface area (Å²) in [5.41, 5.74) is 0.929. The van der Waals surface area contributed by atoms with Crippen molar-refractivity contribution in [3.8, 4) is 0 Å². The van der Waals surface area contributed by atoms with Gasteiger partial charge in [0.05, 0.1) is 12.2 Å². The van der Waals surface area contributed by atoms with E-state index in [9.17, 15) is 4.79 Å². The highest BCUT2D eigenvalue weighted by Gasteiger charge is 2.05. The average Bonchev–Trinajstić information content (AvgIpc) is 2.10. The predicted octanol–water partition coefficient (Wildman–Crippen LogP) is 1.49. The van der Waals surface area contributed by atoms with Gasteiger partial charge in [-0.15, -0.1) is 0 Å². The number of aromatic nitrogens is 1. The minimum absolute atomic E-state index is 0.0480. The van der Waals surface area contributed by atoms with E-state index in [2.05, 4.69) is 32.9 Å². The number of halogens is 1. The molecule has 15 heavy (non-hydrogen) atoms. The normalized spacial score (nSPS) is 10.5. The van der Waals surface area contributed by atoms with Gasteiger partial charge in [0.2, 0.25) is 5.91 Å². The molecule has 1 aromatic rings. The Morgan fingerprint density at radius 3 is 2.73 bits per heavy atom. The number of amides is 1. The molecule has 1 aromatic heterocycles. The van der Waals surface area contributed by atoms with Crippen molar-refractivity contribution in [3.63, 3.8) is 0 Å². The second kappa shape index (κ2) is 5.41. The largest absolute Gasteiger partial charge is 0.310 e. The molecule has 0 spiro atoms. The lowest BCUT2D eigenvalue weighted by atomic mass is 10.3. The zero-order chi connectivity index (χ0) is 11.4. The van der Waals surface area contributed by atoms with Gasteiger partial charge in [-0.3, -0.25) is 4.79 Å². The van der Waals surface area contributed by atoms with E-state index in [1.165, 1.54) is 0 Å². The molecule has 0 radical (unpaired) electrons. The Morgan fingerprint density at radius 2 is 2.20 bits per heavy atom. The number of carbonyl (C=O) groups excluding carboxylic acids is 1. The van der Waals surface area contributed by atoms with Gasteiger partial charge < -0.3 is 10.2 Å². The van der Waals surface area contributed by atoms with Gasteiger partial charge in [-0.25, -0.2) is 4.98 Å². The molecule has 0 aliphatic heterocycles. The van der Waals surface area contributed by atoms with E-state index in [4.69, 9.17) is 0 Å². The van der Waals surface area contributed by atoms with Crippen molar-refractivity contribution in [1.82, 2.24) is 9.88 Å². The van der Waals surface area contributed by atoms with E-state index < -0.39 is 0 Å². The summed E-state index contributed by atoms with van der Waals surface area (Å²) in [5, 5.41) is 2.75. The number of nitrogens with one attached hydrogen (secondary N) is 1. The van der Waals surface area contributed by atoms with Gasteiger partial charge in [0.25, 0.3) is 0 Å². The highest BCUT2D eigenvalue weighted by molar-refractivity contribution is 14.1. The first kappa shape index (κ1) is 12.4. The number of nitrogens with zero attached hydrogens (tertiary/aromatic N) is 2. The molecule has 0 aromatic carbocycles. The monoisotopic (exact) mass is 319 g/mol. The van der Waals surface area contributed by atoms with Gasteiger partial charge in [-0.05, 0) is 55.7 Å². The van der Waals surface area contributed by atoms with Crippen molar-refractivity contribution in [2.24, 2.45) is 0 Å². The molecule has 1 heterocycles. The summed E-state index contributed by atoms with van der Waals surface area (Å²) >= 11 is 2.21. The highest BCUT2D eigenvalue weighted by Crippen LogP contribution is 2.12. The quantitative estimate of drug-likeness (QED) is 0.859. The van der Waals surface area contributed by atoms with Crippen molar-refractivity contribution >= 4 is 34.3 Å². The van der Waals surface area contributed by atoms with E-state index in [-0.39, 0.29) is 5.91 Å². The summed E-state index contributed by atoms with van der Waals surface area (Å²) < 4.78 is 1.10. The third kappa shape index (κ3) is 4.13. The summed E-state index contributed by atoms with van der Waals surface area (Å²) in [5.74, 6) is 0.563. The lowest BCUT2D eigenvalue weighted by Crippen LogP contribution is -2.27. The number of pyridine rings is 1. The molecule has 82 valence electrons. The Labute approximate surface area is 103 Å². The lowest BCUT2D eigenvalue weighted by Gasteiger charge is -2.10. The second-order valence-corrected chi connectivity index (χ2v) is 4.71. The zero-order valence-electron chi connectivity index (χ0n) is 9.04. The molecule has 1 amide bonds. The van der Waals surface area contributed by atoms with Crippen LogP contribution in [0.25, 0.3) is 0 Å². The molecule has 5 heteroatoms. The van der Waals surface area contributed by atoms with E-state index in [0.717, 1.165) is 9.26 Å². The number of carbonyl (C=O) groups is 1. The second-order valence-electron chi connectivity index (χ2n) is 3.55. The predicted molar refractivity (Wildman–Crippen MR) is 68.9 cm³/mol. The maximum atomic E-state index is 11.4. The van der Waals surface area contributed by atoms with Crippen molar-refractivity contribution in [1.29, 1.82) is 0 Å². The smallest absolute Gasteiger partial charge is 0.239 e. The summed E-state index contributed by atoms with van der Waals surface area (Å²) in [6.07, 6.45) is 0. The van der Waals surface area contributed by atoms with Crippen LogP contribution in [0.15, 0.2) is 12.1 Å². The fraction of sp³-hybridized carbons (Fsp3) is 0.400. The standard InChI is InChI=1S/C10H14IN3O/c1-7-8(11)4-5-9(12-7)13-10(15)6-14(2)3/h4-5H,6H2,1-3H3,(H,12,13,15). The fourth-order valence-electron chi connectivity index (χ4n) is 1.08. The first-order chi connectivity index (χ1) is 6.99. The molecule has 0 bridgehead atoms. The zero-order valence-corrected chi connectivity index (χ0v) is 11.2. The topological polar surface area (TPSA) is 45.2 Å². The fourth-order valence-corrected chi connectivity index (χ4v) is 1.38. The summed E-state index contributed by atoms with van der Waals surface area (Å²) in [6.45, 7) is 2.29. The van der Waals surface area contributed by atoms with Crippen LogP contribution in [0, 0.1) is 10.5 Å². The van der Waals surface area contributed by atoms with Gasteiger partial charge in [0.15, 0.2) is 0 Å². The van der Waals surface area contributed by atoms with E-state index in [0.29, 0.717) is 12.4 Å². The van der Waals surface area contributed by atoms with Crippen LogP contribution in [0.2, 0.25) is 0 Å². The van der Waals surface area contributed by atoms with Crippen LogP contribution in [-0.4, -0.2) is 36.4 Å². The van der Waals surface area contributed by atoms with Crippen molar-refractivity contribution in [2.45, 2.75) is 6.92 Å². The number of rotatable bonds is 3. The van der Waals surface area contributed by atoms with Gasteiger partial charge in [-0.2, -0.15) is 0 Å². The van der Waals surface area contributed by atoms with E-state index in [1.54, 1.807) is 0 Å². The van der Waals surface area contributed by atoms with Crippen molar-refractivity contribution < 1.29 is 4.79 Å². The highest BCUT2D eigenvalue weighted by atomic mass is 127. The third-order valence-corrected chi connectivity index (χ3v) is 2.89. The molecular weight excluding hydrogens is 305 g/mol. The van der Waals surface area contributed by atoms with Crippen LogP contribution in [0.5, 0.6) is 0 Å². The van der Waals surface area contributed by atoms with Gasteiger partial charge in [-0.1, -0.05) is 0 Å². The first-order valence-electron chi connectivity index (χ1n) is 4.57. The van der Waals surface area contributed by atoms with E-state index in [1.807, 2.05) is 38.1 Å². The summed E-state index contributed by atoms with van der Waals surface area (Å²) in [4.78, 5) is 17.5. The van der Waals surface area contributed by atoms with Crippen LogP contribution >= 0.6 is 22.6 Å². The van der Waals surface area contributed by atoms with Gasteiger partial charge in [0, 0.05) is 3.57 Å². The number of aryl methyl sites for hydroxylation is 1. The molecule has 0 saturated carbocycles. The molecule has 0 saturated heterocycles. The molecule has 0 atom stereocenters. The minimum atomic E-state index is -0.0480. The lowest BCUT2D eigenvalue weighted by molar-refractivity contribution is -0.116. The maximum absolute atomic E-state index is 11.4. The maximum Gasteiger partial charge on any atom is 0.239 e. The molecule has 4 nitrogen and oxygen atoms in total. The number of anilines is 1. The van der Waals surface area contributed by atoms with Crippen LogP contribution < -0.4 is 5.32 Å². The average molecular weight is 319 g/mol. The molecule has 0 fully saturated rings. The Hall–Kier alpha value is -0.690. The Kier molecular flexibility index (Phi) is 4.46. The minimum Gasteiger partial charge on any atom is -0.310 e. The Balaban J connectivity index is 2.65. The molecule has 1 rings (SSSR count). The van der Waals surface area contributed by atoms with Crippen molar-refractivity contribution in [3.05, 3.63) is 21.4 Å². The Bertz CT molecular complexity index is 366. The van der Waals surface area contributed by atoms with Crippen molar-refractivity contribution in [2.75, 3.05) is 26.0 Å². The van der Waals surface area contributed by atoms with Gasteiger partial charge >= 0.3 is 0 Å². The number of hydrogen-bond acceptors (Lipinski definition) is 3. The number of likely N-dealkylation sites (N-methyl/N-ethyl adjacent to an activating group) is 1. The molecule has 1 N–H and O–H groups in total. The van der Waals surface area contributed by atoms with Crippen LogP contribution in [0.1, 0.15) is 5.69 Å². The first-order valence-corrected chi connectivity index (χ1v) is 5.64. The summed E-state index contributed by atoms with van der Waals surface area (Å²) in [6, 6.07) is 3.75. The Morgan fingerprint density at radius 1 is 1.53 bits per heavy atom. The van der Waals surface area contributed by atoms with Crippen LogP contribution in [0.3, 0.4) is 0 Å².